The van der Waals surface area contributed by atoms with Gasteiger partial charge in [0.2, 0.25) is 0 Å². The molecule has 1 atom stereocenters. The number of ether oxygens (including phenoxy) is 2. The van der Waals surface area contributed by atoms with Crippen LogP contribution in [0.25, 0.3) is 0 Å². The second kappa shape index (κ2) is 7.98. The number of carbonyl (C=O) groups excluding carboxylic acids is 1. The lowest BCUT2D eigenvalue weighted by molar-refractivity contribution is -0.143. The molecule has 0 bridgehead atoms. The van der Waals surface area contributed by atoms with Crippen LogP contribution in [0, 0.1) is 0 Å². The number of hydrogen-bond acceptors (Lipinski definition) is 4. The van der Waals surface area contributed by atoms with Crippen LogP contribution in [0.3, 0.4) is 0 Å². The molecular weight excluding hydrogens is 278 g/mol. The van der Waals surface area contributed by atoms with Crippen molar-refractivity contribution in [3.05, 3.63) is 60.2 Å². The third kappa shape index (κ3) is 3.95. The first-order chi connectivity index (χ1) is 10.8. The van der Waals surface area contributed by atoms with E-state index in [2.05, 4.69) is 4.99 Å². The molecule has 0 aliphatic heterocycles. The van der Waals surface area contributed by atoms with Crippen LogP contribution in [0.5, 0.6) is 5.75 Å². The summed E-state index contributed by atoms with van der Waals surface area (Å²) in [6.07, 6.45) is 1.60. The van der Waals surface area contributed by atoms with E-state index in [9.17, 15) is 4.79 Å². The van der Waals surface area contributed by atoms with Crippen molar-refractivity contribution in [2.24, 2.45) is 4.99 Å². The number of nitrogens with zero attached hydrogens (tertiary/aromatic N) is 1. The third-order valence-electron chi connectivity index (χ3n) is 3.15. The Kier molecular flexibility index (Phi) is 5.72. The monoisotopic (exact) mass is 297 g/mol. The molecule has 0 aliphatic carbocycles. The molecule has 0 radical (unpaired) electrons. The Bertz CT molecular complexity index is 638. The standard InChI is InChI=1S/C18H19NO3/c1-3-22-18(20)15(14-9-5-4-6-10-14)13-19-16-11-7-8-12-17(16)21-2/h4-13,15H,3H2,1-2H3. The predicted molar refractivity (Wildman–Crippen MR) is 87.0 cm³/mol. The van der Waals surface area contributed by atoms with E-state index < -0.39 is 5.92 Å². The van der Waals surface area contributed by atoms with Gasteiger partial charge >= 0.3 is 5.97 Å². The van der Waals surface area contributed by atoms with Crippen molar-refractivity contribution in [3.8, 4) is 5.75 Å². The summed E-state index contributed by atoms with van der Waals surface area (Å²) in [5, 5.41) is 0. The molecule has 0 fully saturated rings. The molecule has 114 valence electrons. The molecule has 4 nitrogen and oxygen atoms in total. The molecule has 22 heavy (non-hydrogen) atoms. The van der Waals surface area contributed by atoms with E-state index in [1.54, 1.807) is 20.2 Å². The minimum Gasteiger partial charge on any atom is -0.494 e. The smallest absolute Gasteiger partial charge is 0.318 e. The molecule has 0 saturated heterocycles. The van der Waals surface area contributed by atoms with Gasteiger partial charge in [-0.25, -0.2) is 0 Å². The average Bonchev–Trinajstić information content (AvgIpc) is 2.56. The summed E-state index contributed by atoms with van der Waals surface area (Å²) in [6, 6.07) is 16.9. The molecule has 2 aromatic rings. The summed E-state index contributed by atoms with van der Waals surface area (Å²) in [5.41, 5.74) is 1.52. The van der Waals surface area contributed by atoms with E-state index in [1.807, 2.05) is 54.6 Å². The van der Waals surface area contributed by atoms with Gasteiger partial charge in [0.05, 0.1) is 13.7 Å². The minimum absolute atomic E-state index is 0.313. The number of aliphatic imine (C=N–C) groups is 1. The molecule has 0 spiro atoms. The Balaban J connectivity index is 2.30. The van der Waals surface area contributed by atoms with Crippen molar-refractivity contribution >= 4 is 17.9 Å². The van der Waals surface area contributed by atoms with Crippen LogP contribution in [0.4, 0.5) is 5.69 Å². The fourth-order valence-electron chi connectivity index (χ4n) is 2.07. The Morgan fingerprint density at radius 3 is 2.50 bits per heavy atom. The van der Waals surface area contributed by atoms with Crippen LogP contribution in [-0.2, 0) is 9.53 Å². The Morgan fingerprint density at radius 1 is 1.14 bits per heavy atom. The Hall–Kier alpha value is -2.62. The van der Waals surface area contributed by atoms with Crippen molar-refractivity contribution < 1.29 is 14.3 Å². The summed E-state index contributed by atoms with van der Waals surface area (Å²) in [7, 11) is 1.59. The zero-order chi connectivity index (χ0) is 15.8. The zero-order valence-electron chi connectivity index (χ0n) is 12.7. The van der Waals surface area contributed by atoms with Gasteiger partial charge in [-0.1, -0.05) is 42.5 Å². The molecule has 0 aromatic heterocycles. The Morgan fingerprint density at radius 2 is 1.82 bits per heavy atom. The zero-order valence-corrected chi connectivity index (χ0v) is 12.7. The quantitative estimate of drug-likeness (QED) is 0.602. The topological polar surface area (TPSA) is 47.9 Å². The van der Waals surface area contributed by atoms with Crippen LogP contribution in [0.2, 0.25) is 0 Å². The van der Waals surface area contributed by atoms with Crippen molar-refractivity contribution in [2.45, 2.75) is 12.8 Å². The number of hydrogen-bond donors (Lipinski definition) is 0. The molecule has 0 heterocycles. The lowest BCUT2D eigenvalue weighted by Crippen LogP contribution is -2.17. The molecule has 2 rings (SSSR count). The number of benzene rings is 2. The maximum absolute atomic E-state index is 12.2. The van der Waals surface area contributed by atoms with Crippen molar-refractivity contribution in [1.29, 1.82) is 0 Å². The molecular formula is C18H19NO3. The summed E-state index contributed by atoms with van der Waals surface area (Å²) in [4.78, 5) is 16.6. The first-order valence-electron chi connectivity index (χ1n) is 7.15. The second-order valence-corrected chi connectivity index (χ2v) is 4.59. The van der Waals surface area contributed by atoms with Crippen molar-refractivity contribution in [2.75, 3.05) is 13.7 Å². The molecule has 0 amide bonds. The SMILES string of the molecule is CCOC(=O)C(C=Nc1ccccc1OC)c1ccccc1. The van der Waals surface area contributed by atoms with Gasteiger partial charge < -0.3 is 9.47 Å². The highest BCUT2D eigenvalue weighted by atomic mass is 16.5. The van der Waals surface area contributed by atoms with E-state index in [-0.39, 0.29) is 5.97 Å². The van der Waals surface area contributed by atoms with E-state index >= 15 is 0 Å². The van der Waals surface area contributed by atoms with Gasteiger partial charge in [0.15, 0.2) is 0 Å². The van der Waals surface area contributed by atoms with E-state index in [4.69, 9.17) is 9.47 Å². The lowest BCUT2D eigenvalue weighted by atomic mass is 10.0. The van der Waals surface area contributed by atoms with Crippen LogP contribution in [-0.4, -0.2) is 25.9 Å². The number of esters is 1. The first-order valence-corrected chi connectivity index (χ1v) is 7.15. The molecule has 0 aliphatic rings. The van der Waals surface area contributed by atoms with Crippen LogP contribution in [0.1, 0.15) is 18.4 Å². The second-order valence-electron chi connectivity index (χ2n) is 4.59. The van der Waals surface area contributed by atoms with Gasteiger partial charge in [0.1, 0.15) is 17.4 Å². The maximum Gasteiger partial charge on any atom is 0.318 e. The third-order valence-corrected chi connectivity index (χ3v) is 3.15. The van der Waals surface area contributed by atoms with Crippen molar-refractivity contribution in [1.82, 2.24) is 0 Å². The highest BCUT2D eigenvalue weighted by Gasteiger charge is 2.19. The van der Waals surface area contributed by atoms with Gasteiger partial charge in [-0.05, 0) is 24.6 Å². The molecule has 2 aromatic carbocycles. The molecule has 4 heteroatoms. The van der Waals surface area contributed by atoms with E-state index in [0.29, 0.717) is 18.0 Å². The molecule has 0 N–H and O–H groups in total. The fourth-order valence-corrected chi connectivity index (χ4v) is 2.07. The highest BCUT2D eigenvalue weighted by molar-refractivity contribution is 5.97. The fraction of sp³-hybridized carbons (Fsp3) is 0.222. The minimum atomic E-state index is -0.536. The first kappa shape index (κ1) is 15.8. The van der Waals surface area contributed by atoms with Gasteiger partial charge in [0.25, 0.3) is 0 Å². The number of rotatable bonds is 6. The lowest BCUT2D eigenvalue weighted by Gasteiger charge is -2.11. The van der Waals surface area contributed by atoms with Gasteiger partial charge in [-0.3, -0.25) is 9.79 Å². The summed E-state index contributed by atoms with van der Waals surface area (Å²) < 4.78 is 10.4. The normalized spacial score (nSPS) is 12.1. The summed E-state index contributed by atoms with van der Waals surface area (Å²) in [5.74, 6) is -0.187. The van der Waals surface area contributed by atoms with E-state index in [1.165, 1.54) is 0 Å². The van der Waals surface area contributed by atoms with Crippen LogP contribution >= 0.6 is 0 Å². The van der Waals surface area contributed by atoms with Crippen LogP contribution < -0.4 is 4.74 Å². The van der Waals surface area contributed by atoms with Gasteiger partial charge in [0, 0.05) is 6.21 Å². The number of carbonyl (C=O) groups is 1. The largest absolute Gasteiger partial charge is 0.494 e. The summed E-state index contributed by atoms with van der Waals surface area (Å²) >= 11 is 0. The van der Waals surface area contributed by atoms with Crippen molar-refractivity contribution in [3.63, 3.8) is 0 Å². The predicted octanol–water partition coefficient (Wildman–Crippen LogP) is 3.74. The molecule has 0 saturated carbocycles. The van der Waals surface area contributed by atoms with E-state index in [0.717, 1.165) is 5.56 Å². The number of para-hydroxylation sites is 2. The van der Waals surface area contributed by atoms with Gasteiger partial charge in [-0.2, -0.15) is 0 Å². The average molecular weight is 297 g/mol. The van der Waals surface area contributed by atoms with Gasteiger partial charge in [-0.15, -0.1) is 0 Å². The van der Waals surface area contributed by atoms with Crippen LogP contribution in [0.15, 0.2) is 59.6 Å². The summed E-state index contributed by atoms with van der Waals surface area (Å²) in [6.45, 7) is 2.13. The number of methoxy groups -OCH3 is 1. The maximum atomic E-state index is 12.2. The Labute approximate surface area is 130 Å². The molecule has 1 unspecified atom stereocenters. The highest BCUT2D eigenvalue weighted by Crippen LogP contribution is 2.27.